The van der Waals surface area contributed by atoms with E-state index in [0.717, 1.165) is 53.5 Å². The number of thiophene rings is 1. The molecule has 2 aromatic heterocycles. The second-order valence-electron chi connectivity index (χ2n) is 11.3. The molecule has 0 radical (unpaired) electrons. The third kappa shape index (κ3) is 5.74. The van der Waals surface area contributed by atoms with E-state index >= 15 is 0 Å². The molecule has 42 heavy (non-hydrogen) atoms. The van der Waals surface area contributed by atoms with Gasteiger partial charge in [0, 0.05) is 23.4 Å². The summed E-state index contributed by atoms with van der Waals surface area (Å²) in [4.78, 5) is 44.1. The van der Waals surface area contributed by atoms with Crippen LogP contribution in [0, 0.1) is 0 Å². The number of hydrogen-bond acceptors (Lipinski definition) is 5. The second-order valence-corrected chi connectivity index (χ2v) is 12.2. The fourth-order valence-electron chi connectivity index (χ4n) is 6.30. The lowest BCUT2D eigenvalue weighted by atomic mass is 9.94. The largest absolute Gasteiger partial charge is 0.478 e. The molecule has 2 heterocycles. The number of benzene rings is 2. The number of carboxylic acids is 1. The lowest BCUT2D eigenvalue weighted by molar-refractivity contribution is -0.131. The van der Waals surface area contributed by atoms with Gasteiger partial charge < -0.3 is 20.3 Å². The maximum atomic E-state index is 13.6. The molecule has 0 unspecified atom stereocenters. The number of imidazole rings is 1. The van der Waals surface area contributed by atoms with Crippen LogP contribution >= 0.6 is 11.3 Å². The Morgan fingerprint density at radius 2 is 1.74 bits per heavy atom. The third-order valence-corrected chi connectivity index (χ3v) is 9.33. The molecular formula is C33H34N4O4S. The van der Waals surface area contributed by atoms with E-state index in [1.54, 1.807) is 35.6 Å². The Morgan fingerprint density at radius 3 is 2.43 bits per heavy atom. The van der Waals surface area contributed by atoms with Crippen LogP contribution in [0.3, 0.4) is 0 Å². The van der Waals surface area contributed by atoms with E-state index in [-0.39, 0.29) is 11.8 Å². The van der Waals surface area contributed by atoms with Gasteiger partial charge in [-0.05, 0) is 79.1 Å². The van der Waals surface area contributed by atoms with Gasteiger partial charge >= 0.3 is 5.97 Å². The summed E-state index contributed by atoms with van der Waals surface area (Å²) in [6.07, 6.45) is 11.3. The van der Waals surface area contributed by atoms with E-state index < -0.39 is 11.5 Å². The van der Waals surface area contributed by atoms with E-state index in [2.05, 4.69) is 26.6 Å². The smallest absolute Gasteiger partial charge is 0.328 e. The number of nitrogens with zero attached hydrogens (tertiary/aromatic N) is 2. The van der Waals surface area contributed by atoms with Crippen LogP contribution in [0.15, 0.2) is 66.1 Å². The van der Waals surface area contributed by atoms with E-state index in [9.17, 15) is 14.4 Å². The van der Waals surface area contributed by atoms with Gasteiger partial charge in [0.25, 0.3) is 5.91 Å². The fraction of sp³-hybridized carbons (Fsp3) is 0.333. The van der Waals surface area contributed by atoms with Gasteiger partial charge in [0.1, 0.15) is 5.54 Å². The van der Waals surface area contributed by atoms with Gasteiger partial charge in [0.05, 0.1) is 15.9 Å². The molecule has 2 saturated carbocycles. The van der Waals surface area contributed by atoms with E-state index in [1.807, 2.05) is 24.3 Å². The van der Waals surface area contributed by atoms with Crippen LogP contribution in [0.4, 0.5) is 5.69 Å². The highest BCUT2D eigenvalue weighted by Gasteiger charge is 2.42. The summed E-state index contributed by atoms with van der Waals surface area (Å²) < 4.78 is 2.37. The SMILES string of the molecule is O=C(O)/C=C/c1ccc(NC(=O)C2(NC(=O)c3ccc4c(c3)nc(-c3cccs3)n4C3CCCCC3)CCCC2)cc1. The topological polar surface area (TPSA) is 113 Å². The summed E-state index contributed by atoms with van der Waals surface area (Å²) in [7, 11) is 0. The molecule has 2 aromatic carbocycles. The minimum atomic E-state index is -1.02. The second kappa shape index (κ2) is 11.9. The molecule has 4 aromatic rings. The summed E-state index contributed by atoms with van der Waals surface area (Å²) in [5.74, 6) is -0.593. The van der Waals surface area contributed by atoms with Crippen LogP contribution in [0.1, 0.15) is 79.8 Å². The van der Waals surface area contributed by atoms with Crippen LogP contribution in [-0.4, -0.2) is 38.0 Å². The molecule has 0 bridgehead atoms. The number of aromatic nitrogens is 2. The number of carbonyl (C=O) groups is 3. The quantitative estimate of drug-likeness (QED) is 0.193. The Bertz CT molecular complexity index is 1630. The van der Waals surface area contributed by atoms with Crippen molar-refractivity contribution in [1.29, 1.82) is 0 Å². The molecule has 0 saturated heterocycles. The first-order chi connectivity index (χ1) is 20.4. The number of fused-ring (bicyclic) bond motifs is 1. The van der Waals surface area contributed by atoms with Crippen molar-refractivity contribution in [2.45, 2.75) is 69.4 Å². The Balaban J connectivity index is 1.23. The lowest BCUT2D eigenvalue weighted by Gasteiger charge is -2.29. The van der Waals surface area contributed by atoms with Crippen molar-refractivity contribution in [3.8, 4) is 10.7 Å². The van der Waals surface area contributed by atoms with Crippen LogP contribution in [0.25, 0.3) is 27.8 Å². The van der Waals surface area contributed by atoms with Gasteiger partial charge in [-0.2, -0.15) is 0 Å². The molecule has 2 amide bonds. The minimum Gasteiger partial charge on any atom is -0.478 e. The van der Waals surface area contributed by atoms with Crippen molar-refractivity contribution < 1.29 is 19.5 Å². The number of carboxylic acid groups (broad SMARTS) is 1. The van der Waals surface area contributed by atoms with Crippen LogP contribution < -0.4 is 10.6 Å². The molecule has 2 aliphatic carbocycles. The van der Waals surface area contributed by atoms with Crippen molar-refractivity contribution >= 4 is 51.9 Å². The summed E-state index contributed by atoms with van der Waals surface area (Å²) in [5, 5.41) is 16.9. The molecule has 8 nitrogen and oxygen atoms in total. The van der Waals surface area contributed by atoms with Crippen LogP contribution in [0.5, 0.6) is 0 Å². The molecular weight excluding hydrogens is 548 g/mol. The predicted octanol–water partition coefficient (Wildman–Crippen LogP) is 7.05. The number of amides is 2. The van der Waals surface area contributed by atoms with Crippen molar-refractivity contribution in [1.82, 2.24) is 14.9 Å². The average Bonchev–Trinajstić information content (AvgIpc) is 3.77. The van der Waals surface area contributed by atoms with E-state index in [1.165, 1.54) is 25.3 Å². The van der Waals surface area contributed by atoms with Gasteiger partial charge in [-0.25, -0.2) is 9.78 Å². The maximum absolute atomic E-state index is 13.6. The first-order valence-electron chi connectivity index (χ1n) is 14.6. The van der Waals surface area contributed by atoms with E-state index in [0.29, 0.717) is 35.7 Å². The highest BCUT2D eigenvalue weighted by molar-refractivity contribution is 7.13. The number of hydrogen-bond donors (Lipinski definition) is 3. The first kappa shape index (κ1) is 27.9. The van der Waals surface area contributed by atoms with E-state index in [4.69, 9.17) is 10.1 Å². The Kier molecular flexibility index (Phi) is 7.93. The average molecular weight is 583 g/mol. The third-order valence-electron chi connectivity index (χ3n) is 8.46. The molecule has 0 atom stereocenters. The molecule has 216 valence electrons. The summed E-state index contributed by atoms with van der Waals surface area (Å²) in [6.45, 7) is 0. The zero-order valence-electron chi connectivity index (χ0n) is 23.3. The number of rotatable bonds is 8. The lowest BCUT2D eigenvalue weighted by Crippen LogP contribution is -2.55. The number of aliphatic carboxylic acids is 1. The summed E-state index contributed by atoms with van der Waals surface area (Å²) in [5.41, 5.74) is 2.61. The zero-order valence-corrected chi connectivity index (χ0v) is 24.2. The molecule has 6 rings (SSSR count). The molecule has 9 heteroatoms. The van der Waals surface area contributed by atoms with Crippen molar-refractivity contribution in [3.63, 3.8) is 0 Å². The minimum absolute atomic E-state index is 0.246. The van der Waals surface area contributed by atoms with Gasteiger partial charge in [0.2, 0.25) is 5.91 Å². The summed E-state index contributed by atoms with van der Waals surface area (Å²) in [6, 6.07) is 17.2. The normalized spacial score (nSPS) is 17.0. The maximum Gasteiger partial charge on any atom is 0.328 e. The highest BCUT2D eigenvalue weighted by atomic mass is 32.1. The molecule has 2 fully saturated rings. The van der Waals surface area contributed by atoms with Crippen LogP contribution in [-0.2, 0) is 9.59 Å². The van der Waals surface area contributed by atoms with Crippen molar-refractivity contribution in [3.05, 3.63) is 77.2 Å². The Morgan fingerprint density at radius 1 is 0.976 bits per heavy atom. The van der Waals surface area contributed by atoms with Gasteiger partial charge in [-0.3, -0.25) is 9.59 Å². The standard InChI is InChI=1S/C33H34N4O4S/c38-29(39)17-12-22-10-14-24(15-11-22)34-32(41)33(18-4-5-19-33)36-31(40)23-13-16-27-26(21-23)35-30(28-9-6-20-42-28)37(27)25-7-2-1-3-8-25/h6,9-17,20-21,25H,1-5,7-8,18-19H2,(H,34,41)(H,36,40)(H,38,39)/b17-12+. The number of nitrogens with one attached hydrogen (secondary N) is 2. The van der Waals surface area contributed by atoms with Gasteiger partial charge in [-0.15, -0.1) is 11.3 Å². The summed E-state index contributed by atoms with van der Waals surface area (Å²) >= 11 is 1.67. The zero-order chi connectivity index (χ0) is 29.1. The highest BCUT2D eigenvalue weighted by Crippen LogP contribution is 2.38. The van der Waals surface area contributed by atoms with Gasteiger partial charge in [0.15, 0.2) is 5.82 Å². The Labute approximate surface area is 248 Å². The molecule has 2 aliphatic rings. The molecule has 0 spiro atoms. The monoisotopic (exact) mass is 582 g/mol. The predicted molar refractivity (Wildman–Crippen MR) is 166 cm³/mol. The number of carbonyl (C=O) groups excluding carboxylic acids is 2. The van der Waals surface area contributed by atoms with Gasteiger partial charge in [-0.1, -0.05) is 50.3 Å². The van der Waals surface area contributed by atoms with Crippen molar-refractivity contribution in [2.75, 3.05) is 5.32 Å². The Hall–Kier alpha value is -4.24. The fourth-order valence-corrected chi connectivity index (χ4v) is 7.01. The molecule has 3 N–H and O–H groups in total. The number of anilines is 1. The molecule has 0 aliphatic heterocycles. The first-order valence-corrected chi connectivity index (χ1v) is 15.5. The van der Waals surface area contributed by atoms with Crippen LogP contribution in [0.2, 0.25) is 0 Å². The van der Waals surface area contributed by atoms with Crippen molar-refractivity contribution in [2.24, 2.45) is 0 Å².